The summed E-state index contributed by atoms with van der Waals surface area (Å²) in [6.45, 7) is 3.45. The van der Waals surface area contributed by atoms with Crippen LogP contribution in [0, 0.1) is 5.82 Å². The Balaban J connectivity index is 2.13. The highest BCUT2D eigenvalue weighted by Crippen LogP contribution is 2.29. The zero-order valence-electron chi connectivity index (χ0n) is 10.1. The molecule has 1 aromatic rings. The van der Waals surface area contributed by atoms with Crippen LogP contribution in [0.4, 0.5) is 10.1 Å². The summed E-state index contributed by atoms with van der Waals surface area (Å²) in [5, 5.41) is 0. The van der Waals surface area contributed by atoms with E-state index in [0.717, 1.165) is 6.07 Å². The molecule has 1 amide bonds. The van der Waals surface area contributed by atoms with E-state index in [2.05, 4.69) is 0 Å². The van der Waals surface area contributed by atoms with Crippen LogP contribution in [0.1, 0.15) is 23.7 Å². The number of rotatable bonds is 5. The van der Waals surface area contributed by atoms with Crippen LogP contribution in [0.25, 0.3) is 0 Å². The van der Waals surface area contributed by atoms with Crippen molar-refractivity contribution < 1.29 is 18.7 Å². The van der Waals surface area contributed by atoms with E-state index in [1.807, 2.05) is 6.92 Å². The van der Waals surface area contributed by atoms with E-state index in [1.165, 1.54) is 17.0 Å². The number of amides is 1. The lowest BCUT2D eigenvalue weighted by atomic mass is 10.1. The summed E-state index contributed by atoms with van der Waals surface area (Å²) in [6.07, 6.45) is 0.643. The number of halogens is 1. The maximum Gasteiger partial charge on any atom is 0.299 e. The van der Waals surface area contributed by atoms with E-state index in [0.29, 0.717) is 31.9 Å². The Kier molecular flexibility index (Phi) is 3.72. The van der Waals surface area contributed by atoms with Gasteiger partial charge in [0.15, 0.2) is 0 Å². The van der Waals surface area contributed by atoms with Crippen molar-refractivity contribution in [2.75, 3.05) is 24.7 Å². The maximum atomic E-state index is 13.0. The van der Waals surface area contributed by atoms with Crippen molar-refractivity contribution in [3.8, 4) is 0 Å². The average Bonchev–Trinajstić information content (AvgIpc) is 2.59. The van der Waals surface area contributed by atoms with Gasteiger partial charge in [-0.2, -0.15) is 0 Å². The molecule has 5 heteroatoms. The first-order valence-electron chi connectivity index (χ1n) is 5.88. The standard InChI is InChI=1S/C13H14FNO3/c1-2-18-7-3-6-15-11-5-4-9(14)8-10(11)12(16)13(15)17/h4-5,8H,2-3,6-7H2,1H3. The van der Waals surface area contributed by atoms with Crippen LogP contribution >= 0.6 is 0 Å². The number of carbonyl (C=O) groups is 2. The van der Waals surface area contributed by atoms with Crippen molar-refractivity contribution in [2.45, 2.75) is 13.3 Å². The van der Waals surface area contributed by atoms with Crippen LogP contribution in [-0.2, 0) is 9.53 Å². The number of ketones is 1. The minimum Gasteiger partial charge on any atom is -0.382 e. The SMILES string of the molecule is CCOCCCN1C(=O)C(=O)c2cc(F)ccc21. The fourth-order valence-electron chi connectivity index (χ4n) is 1.96. The van der Waals surface area contributed by atoms with Crippen molar-refractivity contribution in [1.82, 2.24) is 0 Å². The largest absolute Gasteiger partial charge is 0.382 e. The molecular formula is C13H14FNO3. The van der Waals surface area contributed by atoms with Gasteiger partial charge in [0.1, 0.15) is 5.82 Å². The Morgan fingerprint density at radius 3 is 2.83 bits per heavy atom. The number of anilines is 1. The van der Waals surface area contributed by atoms with E-state index in [-0.39, 0.29) is 5.56 Å². The lowest BCUT2D eigenvalue weighted by molar-refractivity contribution is -0.114. The topological polar surface area (TPSA) is 46.6 Å². The van der Waals surface area contributed by atoms with Gasteiger partial charge in [-0.05, 0) is 31.5 Å². The van der Waals surface area contributed by atoms with Gasteiger partial charge in [-0.1, -0.05) is 0 Å². The normalized spacial score (nSPS) is 14.2. The minimum absolute atomic E-state index is 0.149. The summed E-state index contributed by atoms with van der Waals surface area (Å²) >= 11 is 0. The third-order valence-corrected chi connectivity index (χ3v) is 2.81. The van der Waals surface area contributed by atoms with Crippen molar-refractivity contribution in [3.63, 3.8) is 0 Å². The van der Waals surface area contributed by atoms with Gasteiger partial charge in [-0.15, -0.1) is 0 Å². The minimum atomic E-state index is -0.638. The van der Waals surface area contributed by atoms with Gasteiger partial charge < -0.3 is 9.64 Å². The van der Waals surface area contributed by atoms with Crippen molar-refractivity contribution in [1.29, 1.82) is 0 Å². The van der Waals surface area contributed by atoms with E-state index >= 15 is 0 Å². The van der Waals surface area contributed by atoms with Crippen LogP contribution in [0.15, 0.2) is 18.2 Å². The molecule has 96 valence electrons. The summed E-state index contributed by atoms with van der Waals surface area (Å²) in [5.74, 6) is -1.74. The molecule has 1 aliphatic rings. The highest BCUT2D eigenvalue weighted by molar-refractivity contribution is 6.52. The molecular weight excluding hydrogens is 237 g/mol. The van der Waals surface area contributed by atoms with E-state index < -0.39 is 17.5 Å². The van der Waals surface area contributed by atoms with E-state index in [9.17, 15) is 14.0 Å². The zero-order chi connectivity index (χ0) is 13.1. The van der Waals surface area contributed by atoms with Gasteiger partial charge >= 0.3 is 0 Å². The smallest absolute Gasteiger partial charge is 0.299 e. The number of benzene rings is 1. The Labute approximate surface area is 104 Å². The van der Waals surface area contributed by atoms with Gasteiger partial charge in [0.25, 0.3) is 11.7 Å². The number of nitrogens with zero attached hydrogens (tertiary/aromatic N) is 1. The van der Waals surface area contributed by atoms with Crippen molar-refractivity contribution in [2.24, 2.45) is 0 Å². The fraction of sp³-hybridized carbons (Fsp3) is 0.385. The lowest BCUT2D eigenvalue weighted by Gasteiger charge is -2.16. The van der Waals surface area contributed by atoms with Crippen LogP contribution in [0.5, 0.6) is 0 Å². The predicted octanol–water partition coefficient (Wildman–Crippen LogP) is 1.78. The number of carbonyl (C=O) groups excluding carboxylic acids is 2. The average molecular weight is 251 g/mol. The first-order valence-corrected chi connectivity index (χ1v) is 5.88. The third kappa shape index (κ3) is 2.26. The molecule has 0 bridgehead atoms. The molecule has 0 aliphatic carbocycles. The second kappa shape index (κ2) is 5.27. The molecule has 0 aromatic heterocycles. The summed E-state index contributed by atoms with van der Waals surface area (Å²) in [6, 6.07) is 3.83. The first-order chi connectivity index (χ1) is 8.65. The highest BCUT2D eigenvalue weighted by atomic mass is 19.1. The Morgan fingerprint density at radius 2 is 2.11 bits per heavy atom. The van der Waals surface area contributed by atoms with Gasteiger partial charge in [-0.3, -0.25) is 9.59 Å². The quantitative estimate of drug-likeness (QED) is 0.592. The number of hydrogen-bond donors (Lipinski definition) is 0. The summed E-state index contributed by atoms with van der Waals surface area (Å²) in [5.41, 5.74) is 0.638. The highest BCUT2D eigenvalue weighted by Gasteiger charge is 2.35. The molecule has 2 rings (SSSR count). The number of Topliss-reactive ketones (excluding diaryl/α,β-unsaturated/α-hetero) is 1. The molecule has 1 aromatic carbocycles. The summed E-state index contributed by atoms with van der Waals surface area (Å²) in [7, 11) is 0. The molecule has 0 radical (unpaired) electrons. The van der Waals surface area contributed by atoms with Gasteiger partial charge in [0, 0.05) is 19.8 Å². The Morgan fingerprint density at radius 1 is 1.33 bits per heavy atom. The van der Waals surface area contributed by atoms with Crippen LogP contribution < -0.4 is 4.90 Å². The molecule has 0 fully saturated rings. The molecule has 4 nitrogen and oxygen atoms in total. The zero-order valence-corrected chi connectivity index (χ0v) is 10.1. The third-order valence-electron chi connectivity index (χ3n) is 2.81. The Hall–Kier alpha value is -1.75. The van der Waals surface area contributed by atoms with Crippen molar-refractivity contribution >= 4 is 17.4 Å². The molecule has 0 saturated heterocycles. The Bertz CT molecular complexity index is 487. The molecule has 1 aliphatic heterocycles. The molecule has 0 unspecified atom stereocenters. The molecule has 0 atom stereocenters. The summed E-state index contributed by atoms with van der Waals surface area (Å²) in [4.78, 5) is 24.8. The van der Waals surface area contributed by atoms with Gasteiger partial charge in [0.05, 0.1) is 11.3 Å². The van der Waals surface area contributed by atoms with Crippen LogP contribution in [0.3, 0.4) is 0 Å². The molecule has 18 heavy (non-hydrogen) atoms. The molecule has 0 spiro atoms. The molecule has 0 N–H and O–H groups in total. The number of fused-ring (bicyclic) bond motifs is 1. The summed E-state index contributed by atoms with van der Waals surface area (Å²) < 4.78 is 18.2. The number of hydrogen-bond acceptors (Lipinski definition) is 3. The van der Waals surface area contributed by atoms with Gasteiger partial charge in [-0.25, -0.2) is 4.39 Å². The fourth-order valence-corrected chi connectivity index (χ4v) is 1.96. The monoisotopic (exact) mass is 251 g/mol. The second-order valence-corrected chi connectivity index (χ2v) is 4.00. The van der Waals surface area contributed by atoms with Crippen molar-refractivity contribution in [3.05, 3.63) is 29.6 Å². The van der Waals surface area contributed by atoms with Gasteiger partial charge in [0.2, 0.25) is 0 Å². The van der Waals surface area contributed by atoms with Crippen LogP contribution in [-0.4, -0.2) is 31.4 Å². The van der Waals surface area contributed by atoms with E-state index in [4.69, 9.17) is 4.74 Å². The molecule has 1 heterocycles. The first kappa shape index (κ1) is 12.7. The molecule has 0 saturated carbocycles. The predicted molar refractivity (Wildman–Crippen MR) is 64.2 cm³/mol. The van der Waals surface area contributed by atoms with Crippen LogP contribution in [0.2, 0.25) is 0 Å². The lowest BCUT2D eigenvalue weighted by Crippen LogP contribution is -2.31. The maximum absolute atomic E-state index is 13.0. The van der Waals surface area contributed by atoms with E-state index in [1.54, 1.807) is 0 Å². The number of ether oxygens (including phenoxy) is 1. The second-order valence-electron chi connectivity index (χ2n) is 4.00.